The minimum Gasteiger partial charge on any atom is -0.395 e. The van der Waals surface area contributed by atoms with Crippen LogP contribution in [0, 0.1) is 0 Å². The number of rotatable bonds is 3. The standard InChI is InChI=1S/C15H16ClNO/c1-11-10-14(16)12(2)17(8-9-18)15(11)13-6-4-3-5-7-13/h3-7,10,18H,2,8-9H2,1H3. The van der Waals surface area contributed by atoms with Crippen LogP contribution in [0.1, 0.15) is 12.5 Å². The van der Waals surface area contributed by atoms with E-state index in [1.807, 2.05) is 48.2 Å². The molecule has 0 radical (unpaired) electrons. The number of β-amino-alcohol motifs (C(OH)–C–C–N with tert-alkyl or cyclic N) is 1. The highest BCUT2D eigenvalue weighted by Crippen LogP contribution is 2.35. The lowest BCUT2D eigenvalue weighted by molar-refractivity contribution is 0.262. The second-order valence-electron chi connectivity index (χ2n) is 4.21. The molecule has 1 aliphatic heterocycles. The van der Waals surface area contributed by atoms with Gasteiger partial charge in [-0.2, -0.15) is 0 Å². The first kappa shape index (κ1) is 12.9. The summed E-state index contributed by atoms with van der Waals surface area (Å²) in [4.78, 5) is 1.97. The first-order chi connectivity index (χ1) is 8.65. The zero-order chi connectivity index (χ0) is 13.1. The molecule has 0 bridgehead atoms. The topological polar surface area (TPSA) is 23.5 Å². The Kier molecular flexibility index (Phi) is 3.90. The fourth-order valence-corrected chi connectivity index (χ4v) is 2.41. The molecule has 3 heteroatoms. The van der Waals surface area contributed by atoms with Crippen LogP contribution in [0.3, 0.4) is 0 Å². The van der Waals surface area contributed by atoms with Crippen molar-refractivity contribution >= 4 is 17.3 Å². The Morgan fingerprint density at radius 3 is 2.56 bits per heavy atom. The summed E-state index contributed by atoms with van der Waals surface area (Å²) in [6.45, 7) is 6.55. The Morgan fingerprint density at radius 1 is 1.28 bits per heavy atom. The fourth-order valence-electron chi connectivity index (χ4n) is 2.14. The molecule has 0 aliphatic carbocycles. The van der Waals surface area contributed by atoms with Crippen LogP contribution in [-0.4, -0.2) is 23.2 Å². The van der Waals surface area contributed by atoms with Crippen molar-refractivity contribution in [2.75, 3.05) is 13.2 Å². The predicted molar refractivity (Wildman–Crippen MR) is 75.9 cm³/mol. The normalized spacial score (nSPS) is 16.1. The number of nitrogens with zero attached hydrogens (tertiary/aromatic N) is 1. The molecule has 0 saturated carbocycles. The average Bonchev–Trinajstić information content (AvgIpc) is 2.37. The Labute approximate surface area is 112 Å². The van der Waals surface area contributed by atoms with Crippen molar-refractivity contribution < 1.29 is 5.11 Å². The molecule has 0 unspecified atom stereocenters. The van der Waals surface area contributed by atoms with Gasteiger partial charge in [0.05, 0.1) is 23.0 Å². The van der Waals surface area contributed by atoms with Crippen molar-refractivity contribution in [2.45, 2.75) is 6.92 Å². The number of aliphatic hydroxyl groups excluding tert-OH is 1. The summed E-state index contributed by atoms with van der Waals surface area (Å²) >= 11 is 6.15. The third-order valence-corrected chi connectivity index (χ3v) is 3.29. The molecule has 1 heterocycles. The van der Waals surface area contributed by atoms with Gasteiger partial charge in [0, 0.05) is 6.54 Å². The molecular weight excluding hydrogens is 246 g/mol. The number of hydrogen-bond donors (Lipinski definition) is 1. The van der Waals surface area contributed by atoms with Crippen molar-refractivity contribution in [3.63, 3.8) is 0 Å². The van der Waals surface area contributed by atoms with E-state index >= 15 is 0 Å². The van der Waals surface area contributed by atoms with E-state index in [9.17, 15) is 5.11 Å². The summed E-state index contributed by atoms with van der Waals surface area (Å²) in [5, 5.41) is 9.83. The summed E-state index contributed by atoms with van der Waals surface area (Å²) in [6.07, 6.45) is 1.92. The summed E-state index contributed by atoms with van der Waals surface area (Å²) in [6, 6.07) is 10.1. The maximum absolute atomic E-state index is 9.21. The van der Waals surface area contributed by atoms with Crippen molar-refractivity contribution in [1.82, 2.24) is 4.90 Å². The average molecular weight is 262 g/mol. The van der Waals surface area contributed by atoms with Crippen molar-refractivity contribution in [3.8, 4) is 0 Å². The van der Waals surface area contributed by atoms with E-state index in [1.165, 1.54) is 0 Å². The van der Waals surface area contributed by atoms with E-state index in [2.05, 4.69) is 6.58 Å². The Bertz CT molecular complexity index is 517. The zero-order valence-electron chi connectivity index (χ0n) is 10.4. The van der Waals surface area contributed by atoms with Gasteiger partial charge in [-0.15, -0.1) is 0 Å². The smallest absolute Gasteiger partial charge is 0.0640 e. The van der Waals surface area contributed by atoms with Crippen LogP contribution < -0.4 is 0 Å². The molecule has 18 heavy (non-hydrogen) atoms. The van der Waals surface area contributed by atoms with Gasteiger partial charge < -0.3 is 10.0 Å². The Morgan fingerprint density at radius 2 is 1.94 bits per heavy atom. The molecule has 1 aromatic carbocycles. The molecule has 0 aromatic heterocycles. The van der Waals surface area contributed by atoms with Gasteiger partial charge in [0.15, 0.2) is 0 Å². The molecule has 1 aromatic rings. The first-order valence-corrected chi connectivity index (χ1v) is 6.24. The molecule has 0 saturated heterocycles. The third-order valence-electron chi connectivity index (χ3n) is 2.96. The lowest BCUT2D eigenvalue weighted by Gasteiger charge is -2.33. The second-order valence-corrected chi connectivity index (χ2v) is 4.62. The van der Waals surface area contributed by atoms with Crippen LogP contribution in [0.25, 0.3) is 5.70 Å². The van der Waals surface area contributed by atoms with E-state index in [0.717, 1.165) is 22.5 Å². The van der Waals surface area contributed by atoms with Gasteiger partial charge in [-0.05, 0) is 24.1 Å². The second kappa shape index (κ2) is 5.42. The summed E-state index contributed by atoms with van der Waals surface area (Å²) in [5.41, 5.74) is 3.96. The third kappa shape index (κ3) is 2.35. The maximum Gasteiger partial charge on any atom is 0.0640 e. The lowest BCUT2D eigenvalue weighted by Crippen LogP contribution is -2.27. The Hall–Kier alpha value is -1.51. The number of aliphatic hydroxyl groups is 1. The number of hydrogen-bond acceptors (Lipinski definition) is 2. The monoisotopic (exact) mass is 261 g/mol. The minimum atomic E-state index is 0.0623. The van der Waals surface area contributed by atoms with E-state index in [-0.39, 0.29) is 6.61 Å². The highest BCUT2D eigenvalue weighted by molar-refractivity contribution is 6.32. The highest BCUT2D eigenvalue weighted by Gasteiger charge is 2.22. The van der Waals surface area contributed by atoms with Crippen LogP contribution in [0.4, 0.5) is 0 Å². The number of halogens is 1. The summed E-state index contributed by atoms with van der Waals surface area (Å²) in [7, 11) is 0. The lowest BCUT2D eigenvalue weighted by atomic mass is 10.0. The molecule has 2 rings (SSSR count). The molecule has 94 valence electrons. The van der Waals surface area contributed by atoms with Crippen molar-refractivity contribution in [1.29, 1.82) is 0 Å². The van der Waals surface area contributed by atoms with Gasteiger partial charge >= 0.3 is 0 Å². The largest absolute Gasteiger partial charge is 0.395 e. The molecule has 0 atom stereocenters. The molecule has 0 fully saturated rings. The van der Waals surface area contributed by atoms with E-state index in [0.29, 0.717) is 11.6 Å². The van der Waals surface area contributed by atoms with Gasteiger partial charge in [0.1, 0.15) is 0 Å². The zero-order valence-corrected chi connectivity index (χ0v) is 11.1. The first-order valence-electron chi connectivity index (χ1n) is 5.86. The van der Waals surface area contributed by atoms with Crippen molar-refractivity contribution in [2.24, 2.45) is 0 Å². The number of benzene rings is 1. The van der Waals surface area contributed by atoms with Gasteiger partial charge in [-0.25, -0.2) is 0 Å². The van der Waals surface area contributed by atoms with Crippen molar-refractivity contribution in [3.05, 3.63) is 64.9 Å². The predicted octanol–water partition coefficient (Wildman–Crippen LogP) is 3.36. The van der Waals surface area contributed by atoms with Crippen LogP contribution in [0.5, 0.6) is 0 Å². The van der Waals surface area contributed by atoms with Gasteiger partial charge in [0.2, 0.25) is 0 Å². The molecule has 1 aliphatic rings. The van der Waals surface area contributed by atoms with E-state index < -0.39 is 0 Å². The summed E-state index contributed by atoms with van der Waals surface area (Å²) in [5.74, 6) is 0. The summed E-state index contributed by atoms with van der Waals surface area (Å²) < 4.78 is 0. The maximum atomic E-state index is 9.21. The van der Waals surface area contributed by atoms with Gasteiger partial charge in [-0.3, -0.25) is 0 Å². The SMILES string of the molecule is C=C1C(Cl)=CC(C)=C(c2ccccc2)N1CCO. The van der Waals surface area contributed by atoms with E-state index in [1.54, 1.807) is 0 Å². The van der Waals surface area contributed by atoms with Crippen LogP contribution in [0.2, 0.25) is 0 Å². The molecule has 0 spiro atoms. The quantitative estimate of drug-likeness (QED) is 0.902. The van der Waals surface area contributed by atoms with Gasteiger partial charge in [0.25, 0.3) is 0 Å². The van der Waals surface area contributed by atoms with Gasteiger partial charge in [-0.1, -0.05) is 48.5 Å². The van der Waals surface area contributed by atoms with Crippen LogP contribution in [-0.2, 0) is 0 Å². The molecule has 2 nitrogen and oxygen atoms in total. The number of allylic oxidation sites excluding steroid dienone is 3. The highest BCUT2D eigenvalue weighted by atomic mass is 35.5. The fraction of sp³-hybridized carbons (Fsp3) is 0.200. The van der Waals surface area contributed by atoms with Crippen LogP contribution >= 0.6 is 11.6 Å². The molecule has 0 amide bonds. The van der Waals surface area contributed by atoms with Crippen LogP contribution in [0.15, 0.2) is 59.3 Å². The molecule has 1 N–H and O–H groups in total. The van der Waals surface area contributed by atoms with E-state index in [4.69, 9.17) is 11.6 Å². The molecular formula is C15H16ClNO. The Balaban J connectivity index is 2.52. The minimum absolute atomic E-state index is 0.0623.